The van der Waals surface area contributed by atoms with Crippen LogP contribution >= 0.6 is 0 Å². The van der Waals surface area contributed by atoms with E-state index in [0.29, 0.717) is 6.42 Å². The fourth-order valence-electron chi connectivity index (χ4n) is 1.26. The Morgan fingerprint density at radius 2 is 2.38 bits per heavy atom. The molecule has 0 atom stereocenters. The van der Waals surface area contributed by atoms with Crippen molar-refractivity contribution < 1.29 is 4.42 Å². The molecule has 1 heterocycles. The SMILES string of the molecule is N#CCCc1ccc2ocnc2c1. The van der Waals surface area contributed by atoms with Crippen LogP contribution in [0.1, 0.15) is 12.0 Å². The number of rotatable bonds is 2. The van der Waals surface area contributed by atoms with Gasteiger partial charge in [0.05, 0.1) is 6.07 Å². The summed E-state index contributed by atoms with van der Waals surface area (Å²) in [5.41, 5.74) is 2.78. The van der Waals surface area contributed by atoms with E-state index in [4.69, 9.17) is 9.68 Å². The van der Waals surface area contributed by atoms with Gasteiger partial charge in [-0.1, -0.05) is 6.07 Å². The predicted molar refractivity (Wildman–Crippen MR) is 47.9 cm³/mol. The molecular formula is C10H8N2O. The van der Waals surface area contributed by atoms with Crippen LogP contribution in [0.25, 0.3) is 11.1 Å². The minimum atomic E-state index is 0.545. The molecule has 0 saturated heterocycles. The van der Waals surface area contributed by atoms with E-state index in [0.717, 1.165) is 23.1 Å². The van der Waals surface area contributed by atoms with E-state index < -0.39 is 0 Å². The summed E-state index contributed by atoms with van der Waals surface area (Å²) in [6.45, 7) is 0. The van der Waals surface area contributed by atoms with Crippen molar-refractivity contribution in [3.63, 3.8) is 0 Å². The first-order valence-corrected chi connectivity index (χ1v) is 4.09. The van der Waals surface area contributed by atoms with E-state index in [1.165, 1.54) is 6.39 Å². The third-order valence-electron chi connectivity index (χ3n) is 1.92. The van der Waals surface area contributed by atoms with E-state index >= 15 is 0 Å². The molecule has 0 spiro atoms. The summed E-state index contributed by atoms with van der Waals surface area (Å²) < 4.78 is 5.10. The average molecular weight is 172 g/mol. The molecule has 0 fully saturated rings. The molecule has 0 aliphatic heterocycles. The number of hydrogen-bond donors (Lipinski definition) is 0. The first-order chi connectivity index (χ1) is 6.40. The smallest absolute Gasteiger partial charge is 0.181 e. The van der Waals surface area contributed by atoms with Gasteiger partial charge < -0.3 is 4.42 Å². The van der Waals surface area contributed by atoms with Gasteiger partial charge in [-0.2, -0.15) is 5.26 Å². The van der Waals surface area contributed by atoms with Gasteiger partial charge in [-0.05, 0) is 24.1 Å². The molecule has 2 aromatic rings. The van der Waals surface area contributed by atoms with Crippen molar-refractivity contribution in [1.29, 1.82) is 5.26 Å². The minimum absolute atomic E-state index is 0.545. The normalized spacial score (nSPS) is 10.1. The molecule has 0 unspecified atom stereocenters. The number of aromatic nitrogens is 1. The Labute approximate surface area is 75.6 Å². The Hall–Kier alpha value is -1.82. The molecule has 0 amide bonds. The maximum Gasteiger partial charge on any atom is 0.181 e. The molecule has 13 heavy (non-hydrogen) atoms. The first-order valence-electron chi connectivity index (χ1n) is 4.09. The zero-order chi connectivity index (χ0) is 9.10. The summed E-state index contributed by atoms with van der Waals surface area (Å²) in [6, 6.07) is 7.92. The standard InChI is InChI=1S/C10H8N2O/c11-5-1-2-8-3-4-10-9(6-8)12-7-13-10/h3-4,6-7H,1-2H2. The lowest BCUT2D eigenvalue weighted by atomic mass is 10.1. The first kappa shape index (κ1) is 7.81. The highest BCUT2D eigenvalue weighted by Gasteiger charge is 1.99. The van der Waals surface area contributed by atoms with Crippen molar-refractivity contribution in [2.45, 2.75) is 12.8 Å². The molecule has 0 saturated carbocycles. The van der Waals surface area contributed by atoms with E-state index in [1.807, 2.05) is 18.2 Å². The van der Waals surface area contributed by atoms with Crippen LogP contribution in [0.3, 0.4) is 0 Å². The summed E-state index contributed by atoms with van der Waals surface area (Å²) in [6.07, 6.45) is 2.75. The van der Waals surface area contributed by atoms with E-state index in [-0.39, 0.29) is 0 Å². The average Bonchev–Trinajstić information content (AvgIpc) is 2.61. The molecule has 64 valence electrons. The summed E-state index contributed by atoms with van der Waals surface area (Å²) in [4.78, 5) is 4.04. The van der Waals surface area contributed by atoms with Gasteiger partial charge in [-0.25, -0.2) is 4.98 Å². The van der Waals surface area contributed by atoms with Gasteiger partial charge in [0.15, 0.2) is 12.0 Å². The van der Waals surface area contributed by atoms with Crippen LogP contribution in [0.5, 0.6) is 0 Å². The molecule has 3 nitrogen and oxygen atoms in total. The van der Waals surface area contributed by atoms with Gasteiger partial charge in [0, 0.05) is 6.42 Å². The highest BCUT2D eigenvalue weighted by atomic mass is 16.3. The fourth-order valence-corrected chi connectivity index (χ4v) is 1.26. The Bertz CT molecular complexity index is 453. The number of hydrogen-bond acceptors (Lipinski definition) is 3. The lowest BCUT2D eigenvalue weighted by Crippen LogP contribution is -1.82. The maximum absolute atomic E-state index is 8.42. The Morgan fingerprint density at radius 3 is 3.23 bits per heavy atom. The number of nitrogens with zero attached hydrogens (tertiary/aromatic N) is 2. The summed E-state index contributed by atoms with van der Waals surface area (Å²) in [5, 5.41) is 8.42. The zero-order valence-corrected chi connectivity index (χ0v) is 7.03. The van der Waals surface area contributed by atoms with Gasteiger partial charge >= 0.3 is 0 Å². The summed E-state index contributed by atoms with van der Waals surface area (Å²) in [7, 11) is 0. The van der Waals surface area contributed by atoms with Crippen molar-refractivity contribution in [2.75, 3.05) is 0 Å². The van der Waals surface area contributed by atoms with Gasteiger partial charge in [-0.3, -0.25) is 0 Å². The number of benzene rings is 1. The van der Waals surface area contributed by atoms with Crippen LogP contribution in [0, 0.1) is 11.3 Å². The number of nitriles is 1. The second-order valence-corrected chi connectivity index (χ2v) is 2.81. The highest BCUT2D eigenvalue weighted by molar-refractivity contribution is 5.72. The molecule has 0 aliphatic rings. The zero-order valence-electron chi connectivity index (χ0n) is 7.03. The monoisotopic (exact) mass is 172 g/mol. The van der Waals surface area contributed by atoms with Crippen LogP contribution in [-0.2, 0) is 6.42 Å². The molecule has 1 aromatic heterocycles. The number of fused-ring (bicyclic) bond motifs is 1. The summed E-state index contributed by atoms with van der Waals surface area (Å²) in [5.74, 6) is 0. The van der Waals surface area contributed by atoms with Gasteiger partial charge in [0.2, 0.25) is 0 Å². The second-order valence-electron chi connectivity index (χ2n) is 2.81. The molecule has 0 N–H and O–H groups in total. The topological polar surface area (TPSA) is 49.8 Å². The Balaban J connectivity index is 2.33. The van der Waals surface area contributed by atoms with E-state index in [9.17, 15) is 0 Å². The van der Waals surface area contributed by atoms with Crippen LogP contribution in [0.15, 0.2) is 29.0 Å². The Kier molecular flexibility index (Phi) is 1.97. The van der Waals surface area contributed by atoms with Gasteiger partial charge in [0.25, 0.3) is 0 Å². The van der Waals surface area contributed by atoms with Crippen molar-refractivity contribution in [3.8, 4) is 6.07 Å². The van der Waals surface area contributed by atoms with Crippen molar-refractivity contribution >= 4 is 11.1 Å². The third kappa shape index (κ3) is 1.52. The van der Waals surface area contributed by atoms with Crippen LogP contribution in [-0.4, -0.2) is 4.98 Å². The fraction of sp³-hybridized carbons (Fsp3) is 0.200. The van der Waals surface area contributed by atoms with Gasteiger partial charge in [-0.15, -0.1) is 0 Å². The summed E-state index contributed by atoms with van der Waals surface area (Å²) >= 11 is 0. The molecule has 0 radical (unpaired) electrons. The Morgan fingerprint density at radius 1 is 1.46 bits per heavy atom. The van der Waals surface area contributed by atoms with E-state index in [1.54, 1.807) is 0 Å². The molecular weight excluding hydrogens is 164 g/mol. The quantitative estimate of drug-likeness (QED) is 0.698. The molecule has 1 aromatic carbocycles. The van der Waals surface area contributed by atoms with Crippen molar-refractivity contribution in [3.05, 3.63) is 30.2 Å². The third-order valence-corrected chi connectivity index (χ3v) is 1.92. The van der Waals surface area contributed by atoms with Crippen molar-refractivity contribution in [2.24, 2.45) is 0 Å². The number of aryl methyl sites for hydroxylation is 1. The largest absolute Gasteiger partial charge is 0.443 e. The lowest BCUT2D eigenvalue weighted by Gasteiger charge is -1.94. The minimum Gasteiger partial charge on any atom is -0.443 e. The van der Waals surface area contributed by atoms with E-state index in [2.05, 4.69) is 11.1 Å². The maximum atomic E-state index is 8.42. The van der Waals surface area contributed by atoms with Crippen LogP contribution in [0.4, 0.5) is 0 Å². The van der Waals surface area contributed by atoms with Crippen molar-refractivity contribution in [1.82, 2.24) is 4.98 Å². The molecule has 0 aliphatic carbocycles. The molecule has 2 rings (SSSR count). The lowest BCUT2D eigenvalue weighted by molar-refractivity contribution is 0.602. The highest BCUT2D eigenvalue weighted by Crippen LogP contribution is 2.14. The molecule has 3 heteroatoms. The number of oxazole rings is 1. The molecule has 0 bridgehead atoms. The van der Waals surface area contributed by atoms with Crippen LogP contribution < -0.4 is 0 Å². The predicted octanol–water partition coefficient (Wildman–Crippen LogP) is 2.28. The van der Waals surface area contributed by atoms with Crippen LogP contribution in [0.2, 0.25) is 0 Å². The van der Waals surface area contributed by atoms with Gasteiger partial charge in [0.1, 0.15) is 5.52 Å². The second kappa shape index (κ2) is 3.28.